The first-order valence-corrected chi connectivity index (χ1v) is 6.01. The van der Waals surface area contributed by atoms with Crippen LogP contribution in [-0.4, -0.2) is 16.5 Å². The van der Waals surface area contributed by atoms with E-state index in [9.17, 15) is 0 Å². The van der Waals surface area contributed by atoms with Crippen LogP contribution in [0, 0.1) is 13.8 Å². The topological polar surface area (TPSA) is 47.0 Å². The third-order valence-corrected chi connectivity index (χ3v) is 2.41. The predicted octanol–water partition coefficient (Wildman–Crippen LogP) is 3.32. The molecule has 1 aromatic heterocycles. The fourth-order valence-electron chi connectivity index (χ4n) is 1.56. The van der Waals surface area contributed by atoms with E-state index < -0.39 is 0 Å². The van der Waals surface area contributed by atoms with Gasteiger partial charge in [0.2, 0.25) is 11.8 Å². The summed E-state index contributed by atoms with van der Waals surface area (Å²) >= 11 is 0. The van der Waals surface area contributed by atoms with Gasteiger partial charge in [0.15, 0.2) is 0 Å². The molecular weight excluding hydrogens is 226 g/mol. The Balaban J connectivity index is 2.20. The van der Waals surface area contributed by atoms with E-state index in [4.69, 9.17) is 4.74 Å². The zero-order valence-electron chi connectivity index (χ0n) is 10.9. The van der Waals surface area contributed by atoms with Gasteiger partial charge in [-0.05, 0) is 32.9 Å². The number of hydrogen-bond donors (Lipinski definition) is 1. The summed E-state index contributed by atoms with van der Waals surface area (Å²) in [5, 5.41) is 3.08. The van der Waals surface area contributed by atoms with Crippen molar-refractivity contribution in [3.63, 3.8) is 0 Å². The summed E-state index contributed by atoms with van der Waals surface area (Å²) in [6, 6.07) is 9.70. The highest BCUT2D eigenvalue weighted by atomic mass is 16.5. The van der Waals surface area contributed by atoms with Crippen LogP contribution in [0.3, 0.4) is 0 Å². The Kier molecular flexibility index (Phi) is 3.77. The molecule has 0 fully saturated rings. The highest BCUT2D eigenvalue weighted by molar-refractivity contribution is 5.34. The van der Waals surface area contributed by atoms with Crippen molar-refractivity contribution in [3.05, 3.63) is 41.6 Å². The first-order valence-electron chi connectivity index (χ1n) is 6.01. The average Bonchev–Trinajstić information content (AvgIpc) is 2.32. The average molecular weight is 243 g/mol. The lowest BCUT2D eigenvalue weighted by Gasteiger charge is -2.08. The van der Waals surface area contributed by atoms with Gasteiger partial charge in [0.1, 0.15) is 5.75 Å². The molecule has 0 bridgehead atoms. The van der Waals surface area contributed by atoms with Gasteiger partial charge in [-0.2, -0.15) is 4.98 Å². The van der Waals surface area contributed by atoms with Crippen LogP contribution in [0.15, 0.2) is 30.3 Å². The third kappa shape index (κ3) is 3.20. The summed E-state index contributed by atoms with van der Waals surface area (Å²) in [5.74, 6) is 1.93. The van der Waals surface area contributed by atoms with Crippen LogP contribution >= 0.6 is 0 Å². The minimum atomic E-state index is 0.558. The van der Waals surface area contributed by atoms with Gasteiger partial charge < -0.3 is 10.1 Å². The minimum Gasteiger partial charge on any atom is -0.439 e. The van der Waals surface area contributed by atoms with E-state index in [1.807, 2.05) is 51.1 Å². The van der Waals surface area contributed by atoms with Crippen molar-refractivity contribution in [1.29, 1.82) is 0 Å². The van der Waals surface area contributed by atoms with Crippen LogP contribution in [0.2, 0.25) is 0 Å². The van der Waals surface area contributed by atoms with Crippen molar-refractivity contribution in [3.8, 4) is 11.6 Å². The molecule has 0 radical (unpaired) electrons. The number of nitrogens with zero attached hydrogens (tertiary/aromatic N) is 2. The number of benzene rings is 1. The van der Waals surface area contributed by atoms with E-state index in [0.717, 1.165) is 18.0 Å². The maximum Gasteiger partial charge on any atom is 0.226 e. The quantitative estimate of drug-likeness (QED) is 0.894. The molecule has 4 heteroatoms. The Morgan fingerprint density at radius 2 is 1.83 bits per heavy atom. The second-order valence-corrected chi connectivity index (χ2v) is 4.12. The summed E-state index contributed by atoms with van der Waals surface area (Å²) in [7, 11) is 0. The standard InChI is InChI=1S/C14H17N3O/c1-4-15-14-16-11(3)9-13(17-14)18-12-7-5-10(2)6-8-12/h5-9H,4H2,1-3H3,(H,15,16,17). The molecule has 0 aliphatic carbocycles. The first-order chi connectivity index (χ1) is 8.67. The lowest BCUT2D eigenvalue weighted by atomic mass is 10.2. The van der Waals surface area contributed by atoms with Crippen molar-refractivity contribution in [2.24, 2.45) is 0 Å². The molecule has 1 N–H and O–H groups in total. The molecule has 2 aromatic rings. The summed E-state index contributed by atoms with van der Waals surface area (Å²) in [4.78, 5) is 8.57. The van der Waals surface area contributed by atoms with Gasteiger partial charge in [-0.3, -0.25) is 0 Å². The van der Waals surface area contributed by atoms with Crippen molar-refractivity contribution in [2.75, 3.05) is 11.9 Å². The normalized spacial score (nSPS) is 10.2. The fourth-order valence-corrected chi connectivity index (χ4v) is 1.56. The lowest BCUT2D eigenvalue weighted by molar-refractivity contribution is 0.461. The van der Waals surface area contributed by atoms with E-state index in [-0.39, 0.29) is 0 Å². The highest BCUT2D eigenvalue weighted by Gasteiger charge is 2.03. The molecule has 0 spiro atoms. The molecule has 94 valence electrons. The minimum absolute atomic E-state index is 0.558. The van der Waals surface area contributed by atoms with Gasteiger partial charge in [0.25, 0.3) is 0 Å². The summed E-state index contributed by atoms with van der Waals surface area (Å²) in [6.45, 7) is 6.76. The van der Waals surface area contributed by atoms with Gasteiger partial charge in [0.05, 0.1) is 0 Å². The van der Waals surface area contributed by atoms with Crippen LogP contribution < -0.4 is 10.1 Å². The number of aromatic nitrogens is 2. The van der Waals surface area contributed by atoms with Crippen molar-refractivity contribution in [1.82, 2.24) is 9.97 Å². The van der Waals surface area contributed by atoms with E-state index in [1.54, 1.807) is 0 Å². The summed E-state index contributed by atoms with van der Waals surface area (Å²) in [6.07, 6.45) is 0. The monoisotopic (exact) mass is 243 g/mol. The maximum absolute atomic E-state index is 5.71. The zero-order valence-corrected chi connectivity index (χ0v) is 10.9. The number of nitrogens with one attached hydrogen (secondary N) is 1. The SMILES string of the molecule is CCNc1nc(C)cc(Oc2ccc(C)cc2)n1. The van der Waals surface area contributed by atoms with E-state index >= 15 is 0 Å². The Hall–Kier alpha value is -2.10. The Labute approximate surface area is 107 Å². The van der Waals surface area contributed by atoms with Crippen LogP contribution in [0.5, 0.6) is 11.6 Å². The van der Waals surface area contributed by atoms with Crippen molar-refractivity contribution < 1.29 is 4.74 Å². The number of aryl methyl sites for hydroxylation is 2. The molecule has 18 heavy (non-hydrogen) atoms. The molecule has 0 aliphatic heterocycles. The number of hydrogen-bond acceptors (Lipinski definition) is 4. The van der Waals surface area contributed by atoms with Gasteiger partial charge in [0, 0.05) is 18.3 Å². The summed E-state index contributed by atoms with van der Waals surface area (Å²) < 4.78 is 5.71. The molecule has 4 nitrogen and oxygen atoms in total. The zero-order chi connectivity index (χ0) is 13.0. The molecule has 0 aliphatic rings. The molecule has 0 amide bonds. The number of rotatable bonds is 4. The molecule has 1 heterocycles. The Bertz CT molecular complexity index is 523. The predicted molar refractivity (Wildman–Crippen MR) is 72.2 cm³/mol. The Morgan fingerprint density at radius 3 is 2.50 bits per heavy atom. The Morgan fingerprint density at radius 1 is 1.11 bits per heavy atom. The smallest absolute Gasteiger partial charge is 0.226 e. The van der Waals surface area contributed by atoms with Gasteiger partial charge in [-0.25, -0.2) is 4.98 Å². The van der Waals surface area contributed by atoms with Gasteiger partial charge in [-0.15, -0.1) is 0 Å². The molecule has 0 atom stereocenters. The van der Waals surface area contributed by atoms with Crippen LogP contribution in [0.25, 0.3) is 0 Å². The fraction of sp³-hybridized carbons (Fsp3) is 0.286. The van der Waals surface area contributed by atoms with Gasteiger partial charge in [-0.1, -0.05) is 17.7 Å². The second-order valence-electron chi connectivity index (χ2n) is 4.12. The van der Waals surface area contributed by atoms with Crippen molar-refractivity contribution >= 4 is 5.95 Å². The van der Waals surface area contributed by atoms with E-state index in [2.05, 4.69) is 15.3 Å². The molecule has 0 unspecified atom stereocenters. The molecule has 0 saturated heterocycles. The summed E-state index contributed by atoms with van der Waals surface area (Å²) in [5.41, 5.74) is 2.08. The number of ether oxygens (including phenoxy) is 1. The van der Waals surface area contributed by atoms with E-state index in [0.29, 0.717) is 11.8 Å². The maximum atomic E-state index is 5.71. The first kappa shape index (κ1) is 12.4. The largest absolute Gasteiger partial charge is 0.439 e. The molecular formula is C14H17N3O. The molecule has 1 aromatic carbocycles. The molecule has 0 saturated carbocycles. The van der Waals surface area contributed by atoms with E-state index in [1.165, 1.54) is 5.56 Å². The van der Waals surface area contributed by atoms with Crippen molar-refractivity contribution in [2.45, 2.75) is 20.8 Å². The highest BCUT2D eigenvalue weighted by Crippen LogP contribution is 2.21. The molecule has 2 rings (SSSR count). The second kappa shape index (κ2) is 5.49. The lowest BCUT2D eigenvalue weighted by Crippen LogP contribution is -2.03. The third-order valence-electron chi connectivity index (χ3n) is 2.41. The van der Waals surface area contributed by atoms with Crippen LogP contribution in [0.1, 0.15) is 18.2 Å². The van der Waals surface area contributed by atoms with Crippen LogP contribution in [0.4, 0.5) is 5.95 Å². The number of anilines is 1. The van der Waals surface area contributed by atoms with Crippen LogP contribution in [-0.2, 0) is 0 Å². The van der Waals surface area contributed by atoms with Gasteiger partial charge >= 0.3 is 0 Å².